The summed E-state index contributed by atoms with van der Waals surface area (Å²) in [5.41, 5.74) is -0.727. The monoisotopic (exact) mass is 568 g/mol. The van der Waals surface area contributed by atoms with Gasteiger partial charge in [0.1, 0.15) is 24.2 Å². The van der Waals surface area contributed by atoms with Crippen molar-refractivity contribution in [1.82, 2.24) is 25.4 Å². The minimum Gasteiger partial charge on any atom is -0.489 e. The molecule has 2 rings (SSSR count). The predicted octanol–water partition coefficient (Wildman–Crippen LogP) is 4.45. The van der Waals surface area contributed by atoms with Gasteiger partial charge in [0.15, 0.2) is 11.8 Å². The first-order chi connectivity index (χ1) is 14.7. The Bertz CT molecular complexity index is 856. The lowest BCUT2D eigenvalue weighted by molar-refractivity contribution is -0.137. The topological polar surface area (TPSA) is 76.4 Å². The van der Waals surface area contributed by atoms with Gasteiger partial charge in [-0.15, -0.1) is 34.2 Å². The van der Waals surface area contributed by atoms with E-state index in [0.717, 1.165) is 43.2 Å². The second-order valence-electron chi connectivity index (χ2n) is 7.22. The van der Waals surface area contributed by atoms with Gasteiger partial charge in [-0.05, 0) is 38.0 Å². The van der Waals surface area contributed by atoms with Crippen molar-refractivity contribution in [2.24, 2.45) is 12.0 Å². The number of aromatic nitrogens is 3. The van der Waals surface area contributed by atoms with E-state index in [1.54, 1.807) is 0 Å². The molecule has 0 saturated carbocycles. The average molecular weight is 568 g/mol. The number of aryl methyl sites for hydroxylation is 1. The van der Waals surface area contributed by atoms with Crippen LogP contribution >= 0.6 is 24.0 Å². The second-order valence-corrected chi connectivity index (χ2v) is 7.22. The number of halogens is 4. The van der Waals surface area contributed by atoms with Crippen molar-refractivity contribution in [3.05, 3.63) is 41.5 Å². The lowest BCUT2D eigenvalue weighted by Gasteiger charge is -2.21. The average Bonchev–Trinajstić information content (AvgIpc) is 3.06. The van der Waals surface area contributed by atoms with E-state index in [0.29, 0.717) is 25.5 Å². The molecular weight excluding hydrogens is 536 g/mol. The Morgan fingerprint density at radius 3 is 2.56 bits per heavy atom. The predicted molar refractivity (Wildman–Crippen MR) is 129 cm³/mol. The second kappa shape index (κ2) is 13.5. The number of unbranched alkanes of at least 4 members (excludes halogenated alkanes) is 1. The lowest BCUT2D eigenvalue weighted by atomic mass is 10.2. The highest BCUT2D eigenvalue weighted by Crippen LogP contribution is 2.31. The summed E-state index contributed by atoms with van der Waals surface area (Å²) in [6.45, 7) is 7.39. The number of ether oxygens (including phenoxy) is 1. The molecule has 1 aromatic carbocycles. The minimum atomic E-state index is -4.40. The number of guanidine groups is 1. The quantitative estimate of drug-likeness (QED) is 0.192. The Morgan fingerprint density at radius 2 is 1.97 bits per heavy atom. The zero-order chi connectivity index (χ0) is 22.9. The van der Waals surface area contributed by atoms with Crippen LogP contribution in [0.15, 0.2) is 29.3 Å². The number of alkyl halides is 3. The van der Waals surface area contributed by atoms with Gasteiger partial charge in [-0.3, -0.25) is 0 Å². The summed E-state index contributed by atoms with van der Waals surface area (Å²) in [6.07, 6.45) is -2.08. The summed E-state index contributed by atoms with van der Waals surface area (Å²) in [5, 5.41) is 14.6. The first-order valence-corrected chi connectivity index (χ1v) is 10.5. The Labute approximate surface area is 204 Å². The summed E-state index contributed by atoms with van der Waals surface area (Å²) in [6, 6.07) is 4.93. The molecule has 0 bridgehead atoms. The van der Waals surface area contributed by atoms with E-state index in [9.17, 15) is 13.2 Å². The molecule has 180 valence electrons. The van der Waals surface area contributed by atoms with Gasteiger partial charge in [0.05, 0.1) is 12.1 Å². The Hall–Kier alpha value is -2.05. The molecule has 0 amide bonds. The van der Waals surface area contributed by atoms with Crippen LogP contribution in [-0.4, -0.2) is 39.9 Å². The van der Waals surface area contributed by atoms with Crippen molar-refractivity contribution in [3.8, 4) is 5.75 Å². The number of nitrogens with zero attached hydrogens (tertiary/aromatic N) is 4. The Balaban J connectivity index is 0.00000512. The third-order valence-electron chi connectivity index (χ3n) is 4.80. The maximum Gasteiger partial charge on any atom is 0.416 e. The van der Waals surface area contributed by atoms with Crippen LogP contribution in [0.4, 0.5) is 13.2 Å². The molecule has 11 heteroatoms. The molecule has 0 saturated heterocycles. The molecule has 1 unspecified atom stereocenters. The lowest BCUT2D eigenvalue weighted by Crippen LogP contribution is -2.43. The van der Waals surface area contributed by atoms with Crippen LogP contribution in [0.1, 0.15) is 50.3 Å². The summed E-state index contributed by atoms with van der Waals surface area (Å²) in [7, 11) is 1.88. The zero-order valence-electron chi connectivity index (χ0n) is 18.9. The standard InChI is InChI=1S/C21H31F3N6O.HI/c1-5-7-11-25-20(27-14-19-29-28-15(3)30(19)4)26-13-17(6-2)31-18-10-8-9-16(12-18)21(22,23)24;/h8-10,12,17H,5-7,11,13-14H2,1-4H3,(H2,25,26,27);1H. The van der Waals surface area contributed by atoms with Crippen molar-refractivity contribution in [2.75, 3.05) is 13.1 Å². The highest BCUT2D eigenvalue weighted by atomic mass is 127. The number of hydrogen-bond acceptors (Lipinski definition) is 4. The highest BCUT2D eigenvalue weighted by Gasteiger charge is 2.30. The van der Waals surface area contributed by atoms with Gasteiger partial charge in [-0.2, -0.15) is 13.2 Å². The van der Waals surface area contributed by atoms with E-state index in [2.05, 4.69) is 32.7 Å². The maximum absolute atomic E-state index is 12.9. The molecular formula is C21H32F3IN6O. The van der Waals surface area contributed by atoms with Crippen LogP contribution < -0.4 is 15.4 Å². The first-order valence-electron chi connectivity index (χ1n) is 10.5. The molecule has 1 heterocycles. The van der Waals surface area contributed by atoms with E-state index in [4.69, 9.17) is 4.74 Å². The first kappa shape index (κ1) is 28.0. The van der Waals surface area contributed by atoms with Gasteiger partial charge in [0.25, 0.3) is 0 Å². The fourth-order valence-electron chi connectivity index (χ4n) is 2.71. The van der Waals surface area contributed by atoms with Crippen LogP contribution in [0.5, 0.6) is 5.75 Å². The summed E-state index contributed by atoms with van der Waals surface area (Å²) >= 11 is 0. The molecule has 0 radical (unpaired) electrons. The van der Waals surface area contributed by atoms with Gasteiger partial charge >= 0.3 is 6.18 Å². The van der Waals surface area contributed by atoms with Crippen LogP contribution in [0.3, 0.4) is 0 Å². The number of hydrogen-bond donors (Lipinski definition) is 2. The maximum atomic E-state index is 12.9. The third-order valence-corrected chi connectivity index (χ3v) is 4.80. The van der Waals surface area contributed by atoms with Crippen molar-refractivity contribution >= 4 is 29.9 Å². The normalized spacial score (nSPS) is 12.8. The van der Waals surface area contributed by atoms with E-state index in [-0.39, 0.29) is 35.8 Å². The Morgan fingerprint density at radius 1 is 1.22 bits per heavy atom. The third kappa shape index (κ3) is 8.83. The van der Waals surface area contributed by atoms with Gasteiger partial charge < -0.3 is 19.9 Å². The molecule has 0 aliphatic rings. The molecule has 0 spiro atoms. The number of nitrogens with one attached hydrogen (secondary N) is 2. The molecule has 2 N–H and O–H groups in total. The van der Waals surface area contributed by atoms with E-state index in [1.165, 1.54) is 12.1 Å². The van der Waals surface area contributed by atoms with Crippen molar-refractivity contribution < 1.29 is 17.9 Å². The number of aliphatic imine (C=N–C) groups is 1. The smallest absolute Gasteiger partial charge is 0.416 e. The van der Waals surface area contributed by atoms with Crippen molar-refractivity contribution in [1.29, 1.82) is 0 Å². The fraction of sp³-hybridized carbons (Fsp3) is 0.571. The van der Waals surface area contributed by atoms with Crippen LogP contribution in [-0.2, 0) is 19.8 Å². The Kier molecular flexibility index (Phi) is 11.8. The molecule has 1 aromatic heterocycles. The van der Waals surface area contributed by atoms with Gasteiger partial charge in [-0.1, -0.05) is 26.3 Å². The SMILES string of the molecule is CCCCNC(=NCc1nnc(C)n1C)NCC(CC)Oc1cccc(C(F)(F)F)c1.I. The summed E-state index contributed by atoms with van der Waals surface area (Å²) < 4.78 is 46.5. The molecule has 32 heavy (non-hydrogen) atoms. The van der Waals surface area contributed by atoms with Crippen molar-refractivity contribution in [3.63, 3.8) is 0 Å². The van der Waals surface area contributed by atoms with Crippen LogP contribution in [0, 0.1) is 6.92 Å². The number of benzene rings is 1. The molecule has 0 aliphatic heterocycles. The summed E-state index contributed by atoms with van der Waals surface area (Å²) in [4.78, 5) is 4.57. The van der Waals surface area contributed by atoms with E-state index >= 15 is 0 Å². The van der Waals surface area contributed by atoms with Gasteiger partial charge in [0, 0.05) is 13.6 Å². The fourth-order valence-corrected chi connectivity index (χ4v) is 2.71. The molecule has 1 atom stereocenters. The van der Waals surface area contributed by atoms with E-state index < -0.39 is 11.7 Å². The van der Waals surface area contributed by atoms with E-state index in [1.807, 2.05) is 25.5 Å². The molecule has 0 aliphatic carbocycles. The van der Waals surface area contributed by atoms with Gasteiger partial charge in [0.2, 0.25) is 0 Å². The molecule has 2 aromatic rings. The number of rotatable bonds is 10. The zero-order valence-corrected chi connectivity index (χ0v) is 21.2. The van der Waals surface area contributed by atoms with Crippen LogP contribution in [0.2, 0.25) is 0 Å². The minimum absolute atomic E-state index is 0. The molecule has 7 nitrogen and oxygen atoms in total. The van der Waals surface area contributed by atoms with Crippen LogP contribution in [0.25, 0.3) is 0 Å². The van der Waals surface area contributed by atoms with Gasteiger partial charge in [-0.25, -0.2) is 4.99 Å². The summed E-state index contributed by atoms with van der Waals surface area (Å²) in [5.74, 6) is 2.33. The largest absolute Gasteiger partial charge is 0.489 e. The molecule has 0 fully saturated rings. The van der Waals surface area contributed by atoms with Crippen molar-refractivity contribution in [2.45, 2.75) is 58.9 Å². The highest BCUT2D eigenvalue weighted by molar-refractivity contribution is 14.0.